The average molecular weight is 311 g/mol. The number of rotatable bonds is 3. The molecule has 2 heterocycles. The van der Waals surface area contributed by atoms with Gasteiger partial charge in [-0.2, -0.15) is 5.10 Å². The first-order chi connectivity index (χ1) is 11.3. The van der Waals surface area contributed by atoms with E-state index >= 15 is 0 Å². The third-order valence-electron chi connectivity index (χ3n) is 5.61. The fraction of sp³-hybridized carbons (Fsp3) is 0.526. The first-order valence-corrected chi connectivity index (χ1v) is 8.78. The predicted octanol–water partition coefficient (Wildman–Crippen LogP) is 2.74. The fourth-order valence-corrected chi connectivity index (χ4v) is 4.21. The number of aromatic nitrogens is 2. The normalized spacial score (nSPS) is 25.7. The van der Waals surface area contributed by atoms with Crippen LogP contribution in [0.5, 0.6) is 0 Å². The minimum Gasteiger partial charge on any atom is -0.387 e. The van der Waals surface area contributed by atoms with E-state index in [-0.39, 0.29) is 12.1 Å². The van der Waals surface area contributed by atoms with Crippen LogP contribution in [0.15, 0.2) is 36.7 Å². The Balaban J connectivity index is 1.41. The second-order valence-electron chi connectivity index (χ2n) is 6.85. The molecule has 4 nitrogen and oxygen atoms in total. The van der Waals surface area contributed by atoms with Gasteiger partial charge in [0.15, 0.2) is 0 Å². The first-order valence-electron chi connectivity index (χ1n) is 8.78. The van der Waals surface area contributed by atoms with Crippen LogP contribution in [0, 0.1) is 0 Å². The molecule has 0 bridgehead atoms. The minimum atomic E-state index is -0.328. The molecule has 1 N–H and O–H groups in total. The number of aryl methyl sites for hydroxylation is 1. The number of likely N-dealkylation sites (tertiary alicyclic amines) is 1. The van der Waals surface area contributed by atoms with Gasteiger partial charge in [-0.15, -0.1) is 0 Å². The van der Waals surface area contributed by atoms with E-state index in [2.05, 4.69) is 41.3 Å². The van der Waals surface area contributed by atoms with Crippen LogP contribution in [0.4, 0.5) is 0 Å². The van der Waals surface area contributed by atoms with Crippen molar-refractivity contribution in [2.75, 3.05) is 13.1 Å². The van der Waals surface area contributed by atoms with Crippen LogP contribution in [-0.4, -0.2) is 38.9 Å². The van der Waals surface area contributed by atoms with Crippen molar-refractivity contribution in [3.05, 3.63) is 53.3 Å². The maximum atomic E-state index is 10.7. The highest BCUT2D eigenvalue weighted by molar-refractivity contribution is 5.36. The monoisotopic (exact) mass is 311 g/mol. The second-order valence-corrected chi connectivity index (χ2v) is 6.85. The fourth-order valence-electron chi connectivity index (χ4n) is 4.21. The summed E-state index contributed by atoms with van der Waals surface area (Å²) in [5.41, 5.74) is 3.82. The van der Waals surface area contributed by atoms with E-state index in [1.807, 2.05) is 16.9 Å². The molecule has 2 aromatic rings. The summed E-state index contributed by atoms with van der Waals surface area (Å²) in [5.74, 6) is 0.618. The molecule has 1 aliphatic heterocycles. The summed E-state index contributed by atoms with van der Waals surface area (Å²) in [7, 11) is 0. The summed E-state index contributed by atoms with van der Waals surface area (Å²) in [6.07, 6.45) is 7.20. The number of hydrogen-bond donors (Lipinski definition) is 1. The summed E-state index contributed by atoms with van der Waals surface area (Å²) >= 11 is 0. The van der Waals surface area contributed by atoms with Crippen LogP contribution in [-0.2, 0) is 13.0 Å². The topological polar surface area (TPSA) is 41.3 Å². The molecule has 1 fully saturated rings. The first kappa shape index (κ1) is 14.9. The van der Waals surface area contributed by atoms with Crippen molar-refractivity contribution in [2.24, 2.45) is 0 Å². The molecule has 2 atom stereocenters. The van der Waals surface area contributed by atoms with Crippen molar-refractivity contribution in [3.63, 3.8) is 0 Å². The number of piperidine rings is 1. The van der Waals surface area contributed by atoms with E-state index in [4.69, 9.17) is 0 Å². The van der Waals surface area contributed by atoms with Gasteiger partial charge < -0.3 is 5.11 Å². The molecule has 1 aliphatic carbocycles. The molecule has 1 saturated heterocycles. The van der Waals surface area contributed by atoms with E-state index in [0.717, 1.165) is 44.5 Å². The highest BCUT2D eigenvalue weighted by Crippen LogP contribution is 2.37. The van der Waals surface area contributed by atoms with Gasteiger partial charge in [0.25, 0.3) is 0 Å². The smallest absolute Gasteiger partial charge is 0.0951 e. The van der Waals surface area contributed by atoms with E-state index in [0.29, 0.717) is 5.92 Å². The number of fused-ring (bicyclic) bond motifs is 1. The Labute approximate surface area is 137 Å². The molecule has 2 aliphatic rings. The molecule has 0 amide bonds. The number of aliphatic hydroxyl groups excluding tert-OH is 1. The van der Waals surface area contributed by atoms with Gasteiger partial charge in [-0.3, -0.25) is 9.58 Å². The van der Waals surface area contributed by atoms with Crippen LogP contribution in [0.25, 0.3) is 0 Å². The molecule has 2 unspecified atom stereocenters. The Morgan fingerprint density at radius 2 is 2.00 bits per heavy atom. The predicted molar refractivity (Wildman–Crippen MR) is 90.3 cm³/mol. The van der Waals surface area contributed by atoms with Gasteiger partial charge in [-0.05, 0) is 61.9 Å². The van der Waals surface area contributed by atoms with Crippen LogP contribution >= 0.6 is 0 Å². The maximum Gasteiger partial charge on any atom is 0.0951 e. The molecule has 4 heteroatoms. The summed E-state index contributed by atoms with van der Waals surface area (Å²) < 4.78 is 2.01. The Morgan fingerprint density at radius 3 is 2.70 bits per heavy atom. The zero-order valence-corrected chi connectivity index (χ0v) is 13.7. The quantitative estimate of drug-likeness (QED) is 0.947. The van der Waals surface area contributed by atoms with Crippen molar-refractivity contribution >= 4 is 0 Å². The van der Waals surface area contributed by atoms with Crippen molar-refractivity contribution in [1.29, 1.82) is 0 Å². The SMILES string of the molecule is CCn1cc(C2CCN(C3Cc4ccccc4C3O)CC2)cn1. The lowest BCUT2D eigenvalue weighted by Crippen LogP contribution is -2.43. The summed E-state index contributed by atoms with van der Waals surface area (Å²) in [6, 6.07) is 8.59. The van der Waals surface area contributed by atoms with E-state index < -0.39 is 0 Å². The van der Waals surface area contributed by atoms with Gasteiger partial charge in [0.2, 0.25) is 0 Å². The Bertz CT molecular complexity index is 673. The van der Waals surface area contributed by atoms with Gasteiger partial charge in [0.1, 0.15) is 0 Å². The van der Waals surface area contributed by atoms with Gasteiger partial charge in [0.05, 0.1) is 12.3 Å². The van der Waals surface area contributed by atoms with Gasteiger partial charge >= 0.3 is 0 Å². The number of aliphatic hydroxyl groups is 1. The van der Waals surface area contributed by atoms with Crippen molar-refractivity contribution in [3.8, 4) is 0 Å². The molecule has 0 spiro atoms. The van der Waals surface area contributed by atoms with Crippen molar-refractivity contribution < 1.29 is 5.11 Å². The molecule has 1 aromatic heterocycles. The van der Waals surface area contributed by atoms with Gasteiger partial charge in [-0.1, -0.05) is 24.3 Å². The van der Waals surface area contributed by atoms with Gasteiger partial charge in [-0.25, -0.2) is 0 Å². The Kier molecular flexibility index (Phi) is 3.95. The lowest BCUT2D eigenvalue weighted by atomic mass is 9.90. The van der Waals surface area contributed by atoms with Gasteiger partial charge in [0, 0.05) is 18.8 Å². The van der Waals surface area contributed by atoms with E-state index in [1.165, 1.54) is 11.1 Å². The zero-order chi connectivity index (χ0) is 15.8. The van der Waals surface area contributed by atoms with Crippen LogP contribution < -0.4 is 0 Å². The van der Waals surface area contributed by atoms with E-state index in [1.54, 1.807) is 0 Å². The highest BCUT2D eigenvalue weighted by atomic mass is 16.3. The average Bonchev–Trinajstić information content (AvgIpc) is 3.20. The summed E-state index contributed by atoms with van der Waals surface area (Å²) in [5, 5.41) is 15.1. The molecule has 122 valence electrons. The maximum absolute atomic E-state index is 10.7. The summed E-state index contributed by atoms with van der Waals surface area (Å²) in [4.78, 5) is 2.49. The van der Waals surface area contributed by atoms with Crippen molar-refractivity contribution in [1.82, 2.24) is 14.7 Å². The Morgan fingerprint density at radius 1 is 1.22 bits per heavy atom. The van der Waals surface area contributed by atoms with Crippen LogP contribution in [0.3, 0.4) is 0 Å². The molecule has 0 radical (unpaired) electrons. The summed E-state index contributed by atoms with van der Waals surface area (Å²) in [6.45, 7) is 5.19. The van der Waals surface area contributed by atoms with Crippen molar-refractivity contribution in [2.45, 2.75) is 50.8 Å². The van der Waals surface area contributed by atoms with Crippen LogP contribution in [0.1, 0.15) is 48.5 Å². The molecular formula is C19H25N3O. The highest BCUT2D eigenvalue weighted by Gasteiger charge is 2.36. The molecule has 0 saturated carbocycles. The molecule has 1 aromatic carbocycles. The number of hydrogen-bond acceptors (Lipinski definition) is 3. The lowest BCUT2D eigenvalue weighted by molar-refractivity contribution is 0.0458. The minimum absolute atomic E-state index is 0.256. The third-order valence-corrected chi connectivity index (χ3v) is 5.61. The second kappa shape index (κ2) is 6.10. The molecule has 23 heavy (non-hydrogen) atoms. The molecule has 4 rings (SSSR count). The largest absolute Gasteiger partial charge is 0.387 e. The number of nitrogens with zero attached hydrogens (tertiary/aromatic N) is 3. The zero-order valence-electron chi connectivity index (χ0n) is 13.7. The standard InChI is InChI=1S/C19H25N3O/c1-2-22-13-16(12-20-22)14-7-9-21(10-8-14)18-11-15-5-3-4-6-17(15)19(18)23/h3-6,12-14,18-19,23H,2,7-11H2,1H3. The molecular weight excluding hydrogens is 286 g/mol. The third kappa shape index (κ3) is 2.70. The lowest BCUT2D eigenvalue weighted by Gasteiger charge is -2.37. The van der Waals surface area contributed by atoms with E-state index in [9.17, 15) is 5.11 Å². The van der Waals surface area contributed by atoms with Crippen LogP contribution in [0.2, 0.25) is 0 Å². The number of benzene rings is 1. The Hall–Kier alpha value is -1.65.